The van der Waals surface area contributed by atoms with Gasteiger partial charge in [-0.25, -0.2) is 9.69 Å². The quantitative estimate of drug-likeness (QED) is 0.353. The van der Waals surface area contributed by atoms with E-state index in [1.165, 1.54) is 10.3 Å². The number of nitrogens with zero attached hydrogens (tertiary/aromatic N) is 1. The lowest BCUT2D eigenvalue weighted by molar-refractivity contribution is -0.133. The summed E-state index contributed by atoms with van der Waals surface area (Å²) >= 11 is 0. The van der Waals surface area contributed by atoms with Gasteiger partial charge in [-0.1, -0.05) is 80.6 Å². The van der Waals surface area contributed by atoms with Gasteiger partial charge in [0.25, 0.3) is 0 Å². The first-order valence-electron chi connectivity index (χ1n) is 12.2. The van der Waals surface area contributed by atoms with Crippen LogP contribution in [-0.2, 0) is 33.7 Å². The van der Waals surface area contributed by atoms with Crippen LogP contribution in [0.1, 0.15) is 43.4 Å². The number of ether oxygens (including phenoxy) is 2. The standard InChI is InChI=1S/C29H33NO4/c1-3-14-33-19-25-17-22(16-24-12-8-9-13-27(24)25)15-23(4-2)28(31)30-26(20-34-29(30)32)18-21-10-6-5-7-11-21/h5-13,16-17,23,26H,3-4,14-15,18-20H2,1-2H3/t23-,26+/m0/s1. The van der Waals surface area contributed by atoms with Crippen molar-refractivity contribution in [3.05, 3.63) is 83.4 Å². The second-order valence-electron chi connectivity index (χ2n) is 8.97. The fraction of sp³-hybridized carbons (Fsp3) is 0.379. The van der Waals surface area contributed by atoms with E-state index in [1.807, 2.05) is 49.4 Å². The first kappa shape index (κ1) is 24.0. The van der Waals surface area contributed by atoms with Crippen LogP contribution in [0.4, 0.5) is 4.79 Å². The number of rotatable bonds is 10. The van der Waals surface area contributed by atoms with Gasteiger partial charge in [0.05, 0.1) is 12.6 Å². The molecule has 1 aliphatic heterocycles. The molecule has 0 unspecified atom stereocenters. The molecule has 5 nitrogen and oxygen atoms in total. The normalized spacial score (nSPS) is 16.6. The lowest BCUT2D eigenvalue weighted by Gasteiger charge is -2.25. The van der Waals surface area contributed by atoms with Gasteiger partial charge >= 0.3 is 6.09 Å². The molecule has 1 aliphatic rings. The highest BCUT2D eigenvalue weighted by Gasteiger charge is 2.40. The monoisotopic (exact) mass is 459 g/mol. The minimum atomic E-state index is -0.531. The first-order chi connectivity index (χ1) is 16.6. The van der Waals surface area contributed by atoms with Crippen molar-refractivity contribution in [2.24, 2.45) is 5.92 Å². The summed E-state index contributed by atoms with van der Waals surface area (Å²) in [6, 6.07) is 22.2. The highest BCUT2D eigenvalue weighted by atomic mass is 16.6. The van der Waals surface area contributed by atoms with Crippen LogP contribution in [0, 0.1) is 5.92 Å². The largest absolute Gasteiger partial charge is 0.447 e. The summed E-state index contributed by atoms with van der Waals surface area (Å²) in [5.41, 5.74) is 3.30. The molecule has 3 aromatic rings. The van der Waals surface area contributed by atoms with E-state index >= 15 is 0 Å². The lowest BCUT2D eigenvalue weighted by Crippen LogP contribution is -2.44. The predicted molar refractivity (Wildman–Crippen MR) is 134 cm³/mol. The van der Waals surface area contributed by atoms with E-state index in [4.69, 9.17) is 9.47 Å². The lowest BCUT2D eigenvalue weighted by atomic mass is 9.91. The van der Waals surface area contributed by atoms with E-state index in [1.54, 1.807) is 0 Å². The van der Waals surface area contributed by atoms with Crippen LogP contribution in [-0.4, -0.2) is 36.2 Å². The maximum Gasteiger partial charge on any atom is 0.416 e. The Hall–Kier alpha value is -3.18. The molecule has 3 aromatic carbocycles. The van der Waals surface area contributed by atoms with Crippen molar-refractivity contribution in [1.82, 2.24) is 4.90 Å². The molecule has 0 saturated carbocycles. The molecule has 1 fully saturated rings. The van der Waals surface area contributed by atoms with Gasteiger partial charge in [-0.05, 0) is 53.1 Å². The van der Waals surface area contributed by atoms with Gasteiger partial charge in [-0.3, -0.25) is 4.79 Å². The Morgan fingerprint density at radius 3 is 2.59 bits per heavy atom. The number of fused-ring (bicyclic) bond motifs is 1. The third kappa shape index (κ3) is 5.48. The molecule has 0 N–H and O–H groups in total. The smallest absolute Gasteiger partial charge is 0.416 e. The van der Waals surface area contributed by atoms with Crippen molar-refractivity contribution < 1.29 is 19.1 Å². The molecule has 34 heavy (non-hydrogen) atoms. The molecule has 1 saturated heterocycles. The Morgan fingerprint density at radius 2 is 1.82 bits per heavy atom. The van der Waals surface area contributed by atoms with Gasteiger partial charge in [0.15, 0.2) is 0 Å². The van der Waals surface area contributed by atoms with Gasteiger partial charge < -0.3 is 9.47 Å². The average molecular weight is 460 g/mol. The van der Waals surface area contributed by atoms with Crippen molar-refractivity contribution in [3.8, 4) is 0 Å². The number of cyclic esters (lactones) is 1. The molecule has 2 atom stereocenters. The van der Waals surface area contributed by atoms with Gasteiger partial charge in [0.1, 0.15) is 6.61 Å². The number of hydrogen-bond donors (Lipinski definition) is 0. The topological polar surface area (TPSA) is 55.8 Å². The maximum absolute atomic E-state index is 13.6. The minimum absolute atomic E-state index is 0.150. The van der Waals surface area contributed by atoms with Crippen molar-refractivity contribution in [1.29, 1.82) is 0 Å². The minimum Gasteiger partial charge on any atom is -0.447 e. The molecule has 0 radical (unpaired) electrons. The molecule has 2 amide bonds. The van der Waals surface area contributed by atoms with Crippen molar-refractivity contribution >= 4 is 22.8 Å². The Morgan fingerprint density at radius 1 is 1.06 bits per heavy atom. The zero-order chi connectivity index (χ0) is 23.9. The summed E-state index contributed by atoms with van der Waals surface area (Å²) in [5, 5.41) is 2.31. The summed E-state index contributed by atoms with van der Waals surface area (Å²) < 4.78 is 11.1. The fourth-order valence-corrected chi connectivity index (χ4v) is 4.68. The number of hydrogen-bond acceptors (Lipinski definition) is 4. The van der Waals surface area contributed by atoms with Crippen LogP contribution in [0.25, 0.3) is 10.8 Å². The van der Waals surface area contributed by atoms with Crippen LogP contribution in [0.15, 0.2) is 66.7 Å². The number of imide groups is 1. The van der Waals surface area contributed by atoms with E-state index in [-0.39, 0.29) is 24.5 Å². The zero-order valence-electron chi connectivity index (χ0n) is 20.0. The molecule has 4 rings (SSSR count). The number of carbonyl (C=O) groups excluding carboxylic acids is 2. The number of carbonyl (C=O) groups is 2. The van der Waals surface area contributed by atoms with E-state index < -0.39 is 6.09 Å². The summed E-state index contributed by atoms with van der Waals surface area (Å²) in [6.45, 7) is 5.60. The van der Waals surface area contributed by atoms with Gasteiger partial charge in [0, 0.05) is 12.5 Å². The second-order valence-corrected chi connectivity index (χ2v) is 8.97. The van der Waals surface area contributed by atoms with E-state index in [0.717, 1.165) is 28.5 Å². The van der Waals surface area contributed by atoms with Gasteiger partial charge in [-0.2, -0.15) is 0 Å². The summed E-state index contributed by atoms with van der Waals surface area (Å²) in [7, 11) is 0. The number of benzene rings is 3. The Labute approximate surface area is 201 Å². The second kappa shape index (κ2) is 11.3. The first-order valence-corrected chi connectivity index (χ1v) is 12.2. The molecule has 0 aliphatic carbocycles. The van der Waals surface area contributed by atoms with Crippen molar-refractivity contribution in [3.63, 3.8) is 0 Å². The summed E-state index contributed by atoms with van der Waals surface area (Å²) in [5.74, 6) is -0.447. The Bertz CT molecular complexity index is 1130. The van der Waals surface area contributed by atoms with E-state index in [9.17, 15) is 9.59 Å². The van der Waals surface area contributed by atoms with Crippen LogP contribution in [0.2, 0.25) is 0 Å². The molecule has 1 heterocycles. The fourth-order valence-electron chi connectivity index (χ4n) is 4.68. The van der Waals surface area contributed by atoms with Gasteiger partial charge in [-0.15, -0.1) is 0 Å². The highest BCUT2D eigenvalue weighted by Crippen LogP contribution is 2.27. The highest BCUT2D eigenvalue weighted by molar-refractivity contribution is 5.95. The zero-order valence-corrected chi connectivity index (χ0v) is 20.0. The van der Waals surface area contributed by atoms with Crippen molar-refractivity contribution in [2.75, 3.05) is 13.2 Å². The maximum atomic E-state index is 13.6. The SMILES string of the molecule is CCCOCc1cc(C[C@H](CC)C(=O)N2C(=O)OC[C@H]2Cc2ccccc2)cc2ccccc12. The number of amides is 2. The van der Waals surface area contributed by atoms with Crippen LogP contribution < -0.4 is 0 Å². The molecule has 0 spiro atoms. The molecule has 0 bridgehead atoms. The molecule has 0 aromatic heterocycles. The Balaban J connectivity index is 1.55. The summed E-state index contributed by atoms with van der Waals surface area (Å²) in [6.07, 6.45) is 2.26. The van der Waals surface area contributed by atoms with Crippen LogP contribution >= 0.6 is 0 Å². The van der Waals surface area contributed by atoms with Gasteiger partial charge in [0.2, 0.25) is 5.91 Å². The average Bonchev–Trinajstić information content (AvgIpc) is 3.22. The van der Waals surface area contributed by atoms with E-state index in [2.05, 4.69) is 31.2 Å². The molecular formula is C29H33NO4. The predicted octanol–water partition coefficient (Wildman–Crippen LogP) is 5.93. The van der Waals surface area contributed by atoms with Crippen molar-refractivity contribution in [2.45, 2.75) is 52.2 Å². The molecule has 178 valence electrons. The molecular weight excluding hydrogens is 426 g/mol. The molecule has 5 heteroatoms. The van der Waals surface area contributed by atoms with E-state index in [0.29, 0.717) is 32.5 Å². The van der Waals surface area contributed by atoms with Crippen LogP contribution in [0.5, 0.6) is 0 Å². The third-order valence-electron chi connectivity index (χ3n) is 6.45. The Kier molecular flexibility index (Phi) is 7.96. The summed E-state index contributed by atoms with van der Waals surface area (Å²) in [4.78, 5) is 27.4. The van der Waals surface area contributed by atoms with Crippen LogP contribution in [0.3, 0.4) is 0 Å². The third-order valence-corrected chi connectivity index (χ3v) is 6.45.